The first-order valence-electron chi connectivity index (χ1n) is 10.1. The molecule has 5 nitrogen and oxygen atoms in total. The monoisotopic (exact) mass is 427 g/mol. The number of hydrogen-bond acceptors (Lipinski definition) is 6. The third kappa shape index (κ3) is 4.23. The van der Waals surface area contributed by atoms with Gasteiger partial charge < -0.3 is 14.4 Å². The van der Waals surface area contributed by atoms with E-state index in [1.165, 1.54) is 5.56 Å². The predicted molar refractivity (Wildman–Crippen MR) is 123 cm³/mol. The van der Waals surface area contributed by atoms with E-state index in [4.69, 9.17) is 14.7 Å². The molecule has 0 atom stereocenters. The number of fused-ring (bicyclic) bond motifs is 1. The average molecular weight is 428 g/mol. The molecule has 1 fully saturated rings. The van der Waals surface area contributed by atoms with Crippen LogP contribution in [0.3, 0.4) is 0 Å². The summed E-state index contributed by atoms with van der Waals surface area (Å²) in [5, 5.41) is 1.97. The molecular weight excluding hydrogens is 398 g/mol. The molecule has 154 valence electrons. The highest BCUT2D eigenvalue weighted by molar-refractivity contribution is 7.17. The van der Waals surface area contributed by atoms with Gasteiger partial charge in [0.05, 0.1) is 23.4 Å². The van der Waals surface area contributed by atoms with Crippen LogP contribution in [0.15, 0.2) is 35.7 Å². The van der Waals surface area contributed by atoms with Crippen LogP contribution in [-0.2, 0) is 11.2 Å². The summed E-state index contributed by atoms with van der Waals surface area (Å²) < 4.78 is 6.66. The zero-order valence-corrected chi connectivity index (χ0v) is 19.4. The highest BCUT2D eigenvalue weighted by atomic mass is 32.1. The van der Waals surface area contributed by atoms with Crippen LogP contribution in [0.25, 0.3) is 21.6 Å². The van der Waals surface area contributed by atoms with Gasteiger partial charge in [0.25, 0.3) is 0 Å². The fourth-order valence-electron chi connectivity index (χ4n) is 3.51. The summed E-state index contributed by atoms with van der Waals surface area (Å²) in [6, 6.07) is 10.5. The summed E-state index contributed by atoms with van der Waals surface area (Å²) in [5.74, 6) is 1.77. The van der Waals surface area contributed by atoms with E-state index in [1.54, 1.807) is 11.3 Å². The molecular formula is C22H29N3O2SSi. The molecule has 0 aliphatic carbocycles. The maximum absolute atomic E-state index is 10.7. The number of nitrogens with zero attached hydrogens (tertiary/aromatic N) is 3. The Labute approximate surface area is 177 Å². The lowest BCUT2D eigenvalue weighted by atomic mass is 10.00. The van der Waals surface area contributed by atoms with E-state index in [0.717, 1.165) is 60.1 Å². The van der Waals surface area contributed by atoms with Gasteiger partial charge in [0.1, 0.15) is 0 Å². The van der Waals surface area contributed by atoms with Gasteiger partial charge in [0.15, 0.2) is 20.0 Å². The Bertz CT molecular complexity index is 1010. The zero-order chi connectivity index (χ0) is 20.6. The number of hydrogen-bond donors (Lipinski definition) is 1. The molecule has 0 radical (unpaired) electrons. The summed E-state index contributed by atoms with van der Waals surface area (Å²) in [6.07, 6.45) is 0.841. The number of thiophene rings is 1. The fourth-order valence-corrected chi connectivity index (χ4v) is 5.00. The predicted octanol–water partition coefficient (Wildman–Crippen LogP) is 4.72. The molecule has 29 heavy (non-hydrogen) atoms. The van der Waals surface area contributed by atoms with Crippen molar-refractivity contribution in [3.8, 4) is 11.4 Å². The number of aromatic nitrogens is 2. The molecule has 3 aromatic rings. The van der Waals surface area contributed by atoms with Gasteiger partial charge in [-0.05, 0) is 47.6 Å². The van der Waals surface area contributed by atoms with Crippen LogP contribution in [0.2, 0.25) is 18.1 Å². The number of anilines is 1. The molecule has 3 heterocycles. The van der Waals surface area contributed by atoms with Crippen LogP contribution >= 0.6 is 11.3 Å². The van der Waals surface area contributed by atoms with Crippen LogP contribution in [0.4, 0.5) is 5.82 Å². The van der Waals surface area contributed by atoms with Gasteiger partial charge in [-0.1, -0.05) is 32.0 Å². The second-order valence-electron chi connectivity index (χ2n) is 8.93. The van der Waals surface area contributed by atoms with E-state index in [9.17, 15) is 4.80 Å². The van der Waals surface area contributed by atoms with Crippen molar-refractivity contribution in [2.24, 2.45) is 0 Å². The lowest BCUT2D eigenvalue weighted by Crippen LogP contribution is -2.40. The van der Waals surface area contributed by atoms with Crippen LogP contribution in [0.5, 0.6) is 0 Å². The van der Waals surface area contributed by atoms with Gasteiger partial charge in [-0.3, -0.25) is 0 Å². The molecule has 0 unspecified atom stereocenters. The van der Waals surface area contributed by atoms with Crippen molar-refractivity contribution in [3.05, 3.63) is 41.3 Å². The van der Waals surface area contributed by atoms with Crippen LogP contribution in [-0.4, -0.2) is 49.4 Å². The van der Waals surface area contributed by atoms with E-state index in [-0.39, 0.29) is 5.04 Å². The average Bonchev–Trinajstić information content (AvgIpc) is 3.15. The van der Waals surface area contributed by atoms with Gasteiger partial charge in [0.2, 0.25) is 0 Å². The molecule has 1 N–H and O–H groups in total. The SMILES string of the molecule is CC(C)(Cc1cccc(-c2nc(N3CCOCC3)c3sccc3n2)c1)[Si](C)(C)O. The Kier molecular flexibility index (Phi) is 5.50. The van der Waals surface area contributed by atoms with Crippen molar-refractivity contribution in [1.82, 2.24) is 9.97 Å². The van der Waals surface area contributed by atoms with Crippen molar-refractivity contribution in [3.63, 3.8) is 0 Å². The van der Waals surface area contributed by atoms with E-state index < -0.39 is 8.32 Å². The smallest absolute Gasteiger partial charge is 0.188 e. The summed E-state index contributed by atoms with van der Waals surface area (Å²) in [6.45, 7) is 11.5. The molecule has 0 amide bonds. The normalized spacial score (nSPS) is 15.8. The lowest BCUT2D eigenvalue weighted by Gasteiger charge is -2.35. The minimum absolute atomic E-state index is 0.108. The van der Waals surface area contributed by atoms with Crippen LogP contribution in [0.1, 0.15) is 19.4 Å². The first-order valence-corrected chi connectivity index (χ1v) is 14.0. The molecule has 1 aromatic carbocycles. The Morgan fingerprint density at radius 1 is 1.17 bits per heavy atom. The van der Waals surface area contributed by atoms with Crippen LogP contribution < -0.4 is 4.90 Å². The Hall–Kier alpha value is -1.80. The maximum atomic E-state index is 10.7. The van der Waals surface area contributed by atoms with Crippen LogP contribution in [0, 0.1) is 0 Å². The highest BCUT2D eigenvalue weighted by Gasteiger charge is 2.37. The lowest BCUT2D eigenvalue weighted by molar-refractivity contribution is 0.122. The molecule has 2 aromatic heterocycles. The summed E-state index contributed by atoms with van der Waals surface area (Å²) in [5.41, 5.74) is 3.23. The summed E-state index contributed by atoms with van der Waals surface area (Å²) in [7, 11) is -2.27. The number of benzene rings is 1. The van der Waals surface area contributed by atoms with E-state index >= 15 is 0 Å². The van der Waals surface area contributed by atoms with Crippen molar-refractivity contribution in [2.45, 2.75) is 38.4 Å². The van der Waals surface area contributed by atoms with Crippen molar-refractivity contribution < 1.29 is 9.53 Å². The molecule has 1 saturated heterocycles. The van der Waals surface area contributed by atoms with Crippen molar-refractivity contribution in [1.29, 1.82) is 0 Å². The zero-order valence-electron chi connectivity index (χ0n) is 17.6. The maximum Gasteiger partial charge on any atom is 0.188 e. The largest absolute Gasteiger partial charge is 0.432 e. The highest BCUT2D eigenvalue weighted by Crippen LogP contribution is 2.39. The quantitative estimate of drug-likeness (QED) is 0.597. The Morgan fingerprint density at radius 3 is 2.66 bits per heavy atom. The fraction of sp³-hybridized carbons (Fsp3) is 0.455. The van der Waals surface area contributed by atoms with Gasteiger partial charge in [-0.25, -0.2) is 9.97 Å². The van der Waals surface area contributed by atoms with Gasteiger partial charge in [-0.15, -0.1) is 11.3 Å². The number of ether oxygens (including phenoxy) is 1. The van der Waals surface area contributed by atoms with Gasteiger partial charge in [-0.2, -0.15) is 0 Å². The number of rotatable bonds is 5. The molecule has 7 heteroatoms. The summed E-state index contributed by atoms with van der Waals surface area (Å²) >= 11 is 1.69. The minimum atomic E-state index is -2.27. The summed E-state index contributed by atoms with van der Waals surface area (Å²) in [4.78, 5) is 22.8. The molecule has 4 rings (SSSR count). The third-order valence-corrected chi connectivity index (χ3v) is 10.5. The molecule has 1 aliphatic heterocycles. The third-order valence-electron chi connectivity index (χ3n) is 6.08. The molecule has 1 aliphatic rings. The molecule has 0 bridgehead atoms. The van der Waals surface area contributed by atoms with Crippen molar-refractivity contribution >= 4 is 35.7 Å². The van der Waals surface area contributed by atoms with E-state index in [2.05, 4.69) is 54.5 Å². The standard InChI is InChI=1S/C22H29N3O2SSi/c1-22(2,29(3,4)26)15-16-6-5-7-17(14-16)20-23-18-8-13-28-19(18)21(24-20)25-9-11-27-12-10-25/h5-8,13-14,26H,9-12,15H2,1-4H3. The number of morpholine rings is 1. The van der Waals surface area contributed by atoms with Crippen molar-refractivity contribution in [2.75, 3.05) is 31.2 Å². The first kappa shape index (κ1) is 20.5. The van der Waals surface area contributed by atoms with Gasteiger partial charge >= 0.3 is 0 Å². The van der Waals surface area contributed by atoms with Gasteiger partial charge in [0, 0.05) is 18.7 Å². The van der Waals surface area contributed by atoms with E-state index in [1.807, 2.05) is 13.1 Å². The Balaban J connectivity index is 1.72. The molecule has 0 saturated carbocycles. The minimum Gasteiger partial charge on any atom is -0.432 e. The second kappa shape index (κ2) is 7.79. The topological polar surface area (TPSA) is 58.5 Å². The first-order chi connectivity index (χ1) is 13.7. The second-order valence-corrected chi connectivity index (χ2v) is 14.3. The Morgan fingerprint density at radius 2 is 1.93 bits per heavy atom. The van der Waals surface area contributed by atoms with E-state index in [0.29, 0.717) is 0 Å². The molecule has 0 spiro atoms.